The van der Waals surface area contributed by atoms with Crippen molar-refractivity contribution in [1.29, 1.82) is 0 Å². The van der Waals surface area contributed by atoms with E-state index in [1.54, 1.807) is 0 Å². The van der Waals surface area contributed by atoms with Gasteiger partial charge in [-0.1, -0.05) is 31.4 Å². The Labute approximate surface area is 145 Å². The molecule has 134 valence electrons. The van der Waals surface area contributed by atoms with Gasteiger partial charge in [-0.2, -0.15) is 0 Å². The lowest BCUT2D eigenvalue weighted by Crippen LogP contribution is -2.48. The molecule has 6 nitrogen and oxygen atoms in total. The third-order valence-corrected chi connectivity index (χ3v) is 4.81. The van der Waals surface area contributed by atoms with Crippen LogP contribution in [0.5, 0.6) is 0 Å². The zero-order valence-corrected chi connectivity index (χ0v) is 13.9. The second-order valence-electron chi connectivity index (χ2n) is 6.57. The smallest absolute Gasteiger partial charge is 0.325 e. The fraction of sp³-hybridized carbons (Fsp3) is 0.500. The molecule has 3 rings (SSSR count). The lowest BCUT2D eigenvalue weighted by molar-refractivity contribution is -0.145. The summed E-state index contributed by atoms with van der Waals surface area (Å²) in [6.45, 7) is 0.0395. The number of esters is 1. The third kappa shape index (κ3) is 3.81. The van der Waals surface area contributed by atoms with E-state index in [0.29, 0.717) is 18.4 Å². The van der Waals surface area contributed by atoms with Crippen LogP contribution >= 0.6 is 0 Å². The molecule has 1 saturated heterocycles. The average molecular weight is 348 g/mol. The Bertz CT molecular complexity index is 668. The van der Waals surface area contributed by atoms with Gasteiger partial charge in [0.1, 0.15) is 18.0 Å². The molecule has 0 atom stereocenters. The highest BCUT2D eigenvalue weighted by molar-refractivity contribution is 6.07. The van der Waals surface area contributed by atoms with Crippen molar-refractivity contribution < 1.29 is 23.5 Å². The Morgan fingerprint density at radius 1 is 1.16 bits per heavy atom. The van der Waals surface area contributed by atoms with Crippen molar-refractivity contribution in [3.05, 3.63) is 35.6 Å². The van der Waals surface area contributed by atoms with E-state index in [2.05, 4.69) is 5.32 Å². The molecule has 0 bridgehead atoms. The zero-order chi connectivity index (χ0) is 17.9. The molecule has 25 heavy (non-hydrogen) atoms. The molecule has 1 aromatic rings. The molecule has 0 radical (unpaired) electrons. The van der Waals surface area contributed by atoms with Crippen molar-refractivity contribution >= 4 is 17.9 Å². The summed E-state index contributed by atoms with van der Waals surface area (Å²) in [4.78, 5) is 37.6. The lowest BCUT2D eigenvalue weighted by atomic mass is 9.82. The molecular formula is C18H21FN2O4. The van der Waals surface area contributed by atoms with Gasteiger partial charge in [0.15, 0.2) is 0 Å². The SMILES string of the molecule is O=C(CCN1C(=O)NC2(CCCCC2)C1=O)OCc1ccc(F)cc1. The van der Waals surface area contributed by atoms with Crippen LogP contribution in [0.2, 0.25) is 0 Å². The Morgan fingerprint density at radius 2 is 1.84 bits per heavy atom. The van der Waals surface area contributed by atoms with Crippen LogP contribution in [0.15, 0.2) is 24.3 Å². The van der Waals surface area contributed by atoms with Gasteiger partial charge >= 0.3 is 12.0 Å². The minimum absolute atomic E-state index is 0.00860. The molecule has 0 aromatic heterocycles. The van der Waals surface area contributed by atoms with Gasteiger partial charge in [-0.25, -0.2) is 9.18 Å². The molecular weight excluding hydrogens is 327 g/mol. The molecule has 1 aliphatic carbocycles. The van der Waals surface area contributed by atoms with Crippen molar-refractivity contribution in [3.63, 3.8) is 0 Å². The molecule has 7 heteroatoms. The second kappa shape index (κ2) is 7.21. The highest BCUT2D eigenvalue weighted by Crippen LogP contribution is 2.33. The topological polar surface area (TPSA) is 75.7 Å². The highest BCUT2D eigenvalue weighted by Gasteiger charge is 2.51. The standard InChI is InChI=1S/C18H21FN2O4/c19-14-6-4-13(5-7-14)12-25-15(22)8-11-21-16(23)18(20-17(21)24)9-2-1-3-10-18/h4-7H,1-3,8-12H2,(H,20,24). The van der Waals surface area contributed by atoms with Crippen LogP contribution in [0.25, 0.3) is 0 Å². The third-order valence-electron chi connectivity index (χ3n) is 4.81. The molecule has 2 aliphatic rings. The maximum atomic E-state index is 12.8. The van der Waals surface area contributed by atoms with Gasteiger partial charge in [-0.15, -0.1) is 0 Å². The van der Waals surface area contributed by atoms with Gasteiger partial charge in [-0.3, -0.25) is 14.5 Å². The largest absolute Gasteiger partial charge is 0.461 e. The lowest BCUT2D eigenvalue weighted by Gasteiger charge is -2.30. The predicted molar refractivity (Wildman–Crippen MR) is 86.9 cm³/mol. The van der Waals surface area contributed by atoms with Gasteiger partial charge in [0.2, 0.25) is 0 Å². The van der Waals surface area contributed by atoms with Crippen molar-refractivity contribution in [2.24, 2.45) is 0 Å². The highest BCUT2D eigenvalue weighted by atomic mass is 19.1. The van der Waals surface area contributed by atoms with Crippen LogP contribution in [0.1, 0.15) is 44.1 Å². The summed E-state index contributed by atoms with van der Waals surface area (Å²) < 4.78 is 17.9. The van der Waals surface area contributed by atoms with E-state index in [4.69, 9.17) is 4.74 Å². The van der Waals surface area contributed by atoms with Gasteiger partial charge < -0.3 is 10.1 Å². The van der Waals surface area contributed by atoms with E-state index in [9.17, 15) is 18.8 Å². The fourth-order valence-electron chi connectivity index (χ4n) is 3.39. The molecule has 2 fully saturated rings. The summed E-state index contributed by atoms with van der Waals surface area (Å²) >= 11 is 0. The van der Waals surface area contributed by atoms with Crippen LogP contribution in [0.3, 0.4) is 0 Å². The van der Waals surface area contributed by atoms with Crippen molar-refractivity contribution in [1.82, 2.24) is 10.2 Å². The Kier molecular flexibility index (Phi) is 5.01. The van der Waals surface area contributed by atoms with Crippen molar-refractivity contribution in [3.8, 4) is 0 Å². The summed E-state index contributed by atoms with van der Waals surface area (Å²) in [6, 6.07) is 5.22. The maximum Gasteiger partial charge on any atom is 0.325 e. The van der Waals surface area contributed by atoms with E-state index in [1.807, 2.05) is 0 Å². The van der Waals surface area contributed by atoms with Gasteiger partial charge in [-0.05, 0) is 30.5 Å². The first-order chi connectivity index (χ1) is 12.0. The number of amides is 3. The van der Waals surface area contributed by atoms with Gasteiger partial charge in [0.25, 0.3) is 5.91 Å². The Balaban J connectivity index is 1.49. The first-order valence-corrected chi connectivity index (χ1v) is 8.54. The molecule has 0 unspecified atom stereocenters. The Morgan fingerprint density at radius 3 is 2.52 bits per heavy atom. The van der Waals surface area contributed by atoms with E-state index in [1.165, 1.54) is 24.3 Å². The van der Waals surface area contributed by atoms with Crippen LogP contribution in [-0.2, 0) is 20.9 Å². The molecule has 1 aliphatic heterocycles. The molecule has 1 heterocycles. The number of nitrogens with zero attached hydrogens (tertiary/aromatic N) is 1. The maximum absolute atomic E-state index is 12.8. The minimum Gasteiger partial charge on any atom is -0.461 e. The summed E-state index contributed by atoms with van der Waals surface area (Å²) in [5.41, 5.74) is -0.0984. The van der Waals surface area contributed by atoms with Crippen molar-refractivity contribution in [2.45, 2.75) is 50.7 Å². The Hall–Kier alpha value is -2.44. The van der Waals surface area contributed by atoms with Crippen LogP contribution in [0.4, 0.5) is 9.18 Å². The minimum atomic E-state index is -0.770. The van der Waals surface area contributed by atoms with Crippen LogP contribution in [-0.4, -0.2) is 34.9 Å². The number of nitrogens with one attached hydrogen (secondary N) is 1. The molecule has 3 amide bonds. The van der Waals surface area contributed by atoms with Gasteiger partial charge in [0, 0.05) is 6.54 Å². The van der Waals surface area contributed by atoms with Gasteiger partial charge in [0.05, 0.1) is 6.42 Å². The molecule has 1 saturated carbocycles. The number of urea groups is 1. The summed E-state index contributed by atoms with van der Waals surface area (Å²) in [5.74, 6) is -1.09. The number of benzene rings is 1. The average Bonchev–Trinajstić information content (AvgIpc) is 2.83. The van der Waals surface area contributed by atoms with E-state index < -0.39 is 17.5 Å². The number of ether oxygens (including phenoxy) is 1. The normalized spacial score (nSPS) is 19.2. The number of hydrogen-bond acceptors (Lipinski definition) is 4. The number of carbonyl (C=O) groups excluding carboxylic acids is 3. The van der Waals surface area contributed by atoms with E-state index >= 15 is 0 Å². The van der Waals surface area contributed by atoms with Crippen LogP contribution < -0.4 is 5.32 Å². The summed E-state index contributed by atoms with van der Waals surface area (Å²) in [5, 5.41) is 2.81. The quantitative estimate of drug-likeness (QED) is 0.655. The van der Waals surface area contributed by atoms with Crippen LogP contribution in [0, 0.1) is 5.82 Å². The van der Waals surface area contributed by atoms with Crippen molar-refractivity contribution in [2.75, 3.05) is 6.54 Å². The monoisotopic (exact) mass is 348 g/mol. The number of halogens is 1. The fourth-order valence-corrected chi connectivity index (χ4v) is 3.39. The first kappa shape index (κ1) is 17.4. The molecule has 1 N–H and O–H groups in total. The number of carbonyl (C=O) groups is 3. The first-order valence-electron chi connectivity index (χ1n) is 8.54. The second-order valence-corrected chi connectivity index (χ2v) is 6.57. The molecule has 1 spiro atoms. The number of hydrogen-bond donors (Lipinski definition) is 1. The number of rotatable bonds is 5. The summed E-state index contributed by atoms with van der Waals surface area (Å²) in [6.07, 6.45) is 4.16. The zero-order valence-electron chi connectivity index (χ0n) is 13.9. The summed E-state index contributed by atoms with van der Waals surface area (Å²) in [7, 11) is 0. The van der Waals surface area contributed by atoms with E-state index in [0.717, 1.165) is 24.2 Å². The predicted octanol–water partition coefficient (Wildman–Crippen LogP) is 2.51. The molecule has 1 aromatic carbocycles. The van der Waals surface area contributed by atoms with E-state index in [-0.39, 0.29) is 31.3 Å². The number of imide groups is 1.